The molecule has 4 rings (SSSR count). The first-order valence-electron chi connectivity index (χ1n) is 9.29. The fourth-order valence-corrected chi connectivity index (χ4v) is 3.52. The van der Waals surface area contributed by atoms with Gasteiger partial charge in [-0.25, -0.2) is 4.98 Å². The molecule has 1 amide bonds. The maximum Gasteiger partial charge on any atom is 0.244 e. The van der Waals surface area contributed by atoms with Crippen LogP contribution >= 0.6 is 11.3 Å². The summed E-state index contributed by atoms with van der Waals surface area (Å²) in [7, 11) is 0. The van der Waals surface area contributed by atoms with Gasteiger partial charge in [0.05, 0.1) is 12.2 Å². The molecule has 5 nitrogen and oxygen atoms in total. The van der Waals surface area contributed by atoms with Crippen molar-refractivity contribution in [2.75, 3.05) is 0 Å². The van der Waals surface area contributed by atoms with Crippen LogP contribution in [0.3, 0.4) is 0 Å². The molecule has 0 saturated heterocycles. The molecule has 29 heavy (non-hydrogen) atoms. The van der Waals surface area contributed by atoms with Crippen molar-refractivity contribution in [1.82, 2.24) is 20.1 Å². The first-order chi connectivity index (χ1) is 14.3. The van der Waals surface area contributed by atoms with Crippen LogP contribution in [0.1, 0.15) is 16.1 Å². The summed E-state index contributed by atoms with van der Waals surface area (Å²) in [6, 6.07) is 20.2. The lowest BCUT2D eigenvalue weighted by atomic mass is 10.1. The lowest BCUT2D eigenvalue weighted by molar-refractivity contribution is -0.116. The number of amides is 1. The number of aromatic nitrogens is 3. The molecule has 144 valence electrons. The van der Waals surface area contributed by atoms with Crippen molar-refractivity contribution in [2.24, 2.45) is 0 Å². The Labute approximate surface area is 173 Å². The van der Waals surface area contributed by atoms with Gasteiger partial charge in [0.25, 0.3) is 0 Å². The Morgan fingerprint density at radius 2 is 1.83 bits per heavy atom. The average Bonchev–Trinajstić information content (AvgIpc) is 3.42. The van der Waals surface area contributed by atoms with Gasteiger partial charge in [-0.15, -0.1) is 11.3 Å². The first kappa shape index (κ1) is 18.8. The van der Waals surface area contributed by atoms with Crippen LogP contribution in [0, 0.1) is 0 Å². The van der Waals surface area contributed by atoms with E-state index in [1.165, 1.54) is 23.0 Å². The molecule has 0 aliphatic heterocycles. The Morgan fingerprint density at radius 1 is 1.07 bits per heavy atom. The SMILES string of the molecule is O=C(/C=C/c1nccs1)NCc1cn(Cc2ccccc2)nc1-c1ccccc1. The molecule has 0 spiro atoms. The van der Waals surface area contributed by atoms with Crippen LogP contribution in [0.15, 0.2) is 84.5 Å². The van der Waals surface area contributed by atoms with Gasteiger partial charge in [0.15, 0.2) is 0 Å². The summed E-state index contributed by atoms with van der Waals surface area (Å²) in [5, 5.41) is 10.4. The third-order valence-electron chi connectivity index (χ3n) is 4.35. The first-order valence-corrected chi connectivity index (χ1v) is 10.2. The number of benzene rings is 2. The van der Waals surface area contributed by atoms with Crippen LogP contribution < -0.4 is 5.32 Å². The molecule has 0 aliphatic rings. The Bertz CT molecular complexity index is 1090. The Kier molecular flexibility index (Phi) is 5.92. The minimum absolute atomic E-state index is 0.157. The minimum atomic E-state index is -0.157. The molecule has 0 fully saturated rings. The summed E-state index contributed by atoms with van der Waals surface area (Å²) in [5.41, 5.74) is 4.06. The molecule has 0 unspecified atom stereocenters. The normalized spacial score (nSPS) is 11.0. The number of nitrogens with one attached hydrogen (secondary N) is 1. The molecular weight excluding hydrogens is 380 g/mol. The van der Waals surface area contributed by atoms with E-state index in [1.807, 2.05) is 64.8 Å². The van der Waals surface area contributed by atoms with Crippen LogP contribution in [-0.4, -0.2) is 20.7 Å². The third kappa shape index (κ3) is 5.06. The van der Waals surface area contributed by atoms with Crippen LogP contribution in [0.4, 0.5) is 0 Å². The number of carbonyl (C=O) groups is 1. The Morgan fingerprint density at radius 3 is 2.55 bits per heavy atom. The van der Waals surface area contributed by atoms with Crippen LogP contribution in [0.25, 0.3) is 17.3 Å². The summed E-state index contributed by atoms with van der Waals surface area (Å²) in [5.74, 6) is -0.157. The monoisotopic (exact) mass is 400 g/mol. The van der Waals surface area contributed by atoms with E-state index in [9.17, 15) is 4.79 Å². The zero-order valence-corrected chi connectivity index (χ0v) is 16.5. The van der Waals surface area contributed by atoms with Crippen LogP contribution in [-0.2, 0) is 17.9 Å². The van der Waals surface area contributed by atoms with Crippen molar-refractivity contribution in [3.63, 3.8) is 0 Å². The van der Waals surface area contributed by atoms with E-state index in [1.54, 1.807) is 12.3 Å². The predicted molar refractivity (Wildman–Crippen MR) is 116 cm³/mol. The quantitative estimate of drug-likeness (QED) is 0.468. The number of hydrogen-bond donors (Lipinski definition) is 1. The maximum atomic E-state index is 12.2. The predicted octanol–water partition coefficient (Wildman–Crippen LogP) is 4.38. The Hall–Kier alpha value is -3.51. The molecule has 2 heterocycles. The number of thiazole rings is 1. The topological polar surface area (TPSA) is 59.8 Å². The molecule has 0 atom stereocenters. The second-order valence-electron chi connectivity index (χ2n) is 6.47. The number of hydrogen-bond acceptors (Lipinski definition) is 4. The van der Waals surface area contributed by atoms with Gasteiger partial charge < -0.3 is 5.32 Å². The molecule has 0 radical (unpaired) electrons. The standard InChI is InChI=1S/C23H20N4OS/c28-21(11-12-22-24-13-14-29-22)25-15-20-17-27(16-18-7-3-1-4-8-18)26-23(20)19-9-5-2-6-10-19/h1-14,17H,15-16H2,(H,25,28)/b12-11+. The van der Waals surface area contributed by atoms with Crippen molar-refractivity contribution < 1.29 is 4.79 Å². The average molecular weight is 401 g/mol. The fourth-order valence-electron chi connectivity index (χ4n) is 2.99. The fraction of sp³-hybridized carbons (Fsp3) is 0.0870. The van der Waals surface area contributed by atoms with Gasteiger partial charge in [-0.1, -0.05) is 60.7 Å². The van der Waals surface area contributed by atoms with Gasteiger partial charge in [-0.2, -0.15) is 5.10 Å². The molecule has 0 saturated carbocycles. The van der Waals surface area contributed by atoms with Gasteiger partial charge in [0.2, 0.25) is 5.91 Å². The molecule has 1 N–H and O–H groups in total. The molecule has 0 aliphatic carbocycles. The summed E-state index contributed by atoms with van der Waals surface area (Å²) in [4.78, 5) is 16.4. The van der Waals surface area contributed by atoms with Gasteiger partial charge in [-0.05, 0) is 11.6 Å². The third-order valence-corrected chi connectivity index (χ3v) is 5.09. The number of rotatable bonds is 7. The summed E-state index contributed by atoms with van der Waals surface area (Å²) < 4.78 is 1.92. The largest absolute Gasteiger partial charge is 0.348 e. The van der Waals surface area contributed by atoms with Crippen LogP contribution in [0.2, 0.25) is 0 Å². The van der Waals surface area contributed by atoms with Crippen molar-refractivity contribution in [3.8, 4) is 11.3 Å². The lowest BCUT2D eigenvalue weighted by Gasteiger charge is -2.03. The molecule has 2 aromatic carbocycles. The summed E-state index contributed by atoms with van der Waals surface area (Å²) in [6.45, 7) is 1.08. The molecule has 2 aromatic heterocycles. The maximum absolute atomic E-state index is 12.2. The number of carbonyl (C=O) groups excluding carboxylic acids is 1. The van der Waals surface area contributed by atoms with E-state index < -0.39 is 0 Å². The Balaban J connectivity index is 1.52. The van der Waals surface area contributed by atoms with E-state index in [4.69, 9.17) is 5.10 Å². The van der Waals surface area contributed by atoms with E-state index in [2.05, 4.69) is 22.4 Å². The molecule has 6 heteroatoms. The zero-order valence-electron chi connectivity index (χ0n) is 15.7. The van der Waals surface area contributed by atoms with E-state index in [0.29, 0.717) is 13.1 Å². The van der Waals surface area contributed by atoms with Crippen molar-refractivity contribution in [3.05, 3.63) is 101 Å². The highest BCUT2D eigenvalue weighted by molar-refractivity contribution is 7.10. The van der Waals surface area contributed by atoms with Gasteiger partial charge in [0.1, 0.15) is 5.01 Å². The molecule has 0 bridgehead atoms. The van der Waals surface area contributed by atoms with Crippen molar-refractivity contribution >= 4 is 23.3 Å². The molecule has 4 aromatic rings. The van der Waals surface area contributed by atoms with Crippen molar-refractivity contribution in [2.45, 2.75) is 13.1 Å². The van der Waals surface area contributed by atoms with Gasteiger partial charge in [0, 0.05) is 41.5 Å². The second-order valence-corrected chi connectivity index (χ2v) is 7.40. The summed E-state index contributed by atoms with van der Waals surface area (Å²) >= 11 is 1.49. The van der Waals surface area contributed by atoms with Crippen molar-refractivity contribution in [1.29, 1.82) is 0 Å². The van der Waals surface area contributed by atoms with E-state index in [-0.39, 0.29) is 5.91 Å². The zero-order chi connectivity index (χ0) is 19.9. The number of nitrogens with zero attached hydrogens (tertiary/aromatic N) is 3. The highest BCUT2D eigenvalue weighted by Gasteiger charge is 2.12. The highest BCUT2D eigenvalue weighted by Crippen LogP contribution is 2.22. The smallest absolute Gasteiger partial charge is 0.244 e. The minimum Gasteiger partial charge on any atom is -0.348 e. The molecular formula is C23H20N4OS. The van der Waals surface area contributed by atoms with Crippen LogP contribution in [0.5, 0.6) is 0 Å². The van der Waals surface area contributed by atoms with E-state index >= 15 is 0 Å². The summed E-state index contributed by atoms with van der Waals surface area (Å²) in [6.07, 6.45) is 6.95. The van der Waals surface area contributed by atoms with Gasteiger partial charge in [-0.3, -0.25) is 9.48 Å². The van der Waals surface area contributed by atoms with E-state index in [0.717, 1.165) is 21.8 Å². The van der Waals surface area contributed by atoms with Gasteiger partial charge >= 0.3 is 0 Å². The highest BCUT2D eigenvalue weighted by atomic mass is 32.1. The lowest BCUT2D eigenvalue weighted by Crippen LogP contribution is -2.20. The second kappa shape index (κ2) is 9.12.